The van der Waals surface area contributed by atoms with Crippen LogP contribution in [0.4, 0.5) is 9.52 Å². The van der Waals surface area contributed by atoms with Crippen LogP contribution >= 0.6 is 11.3 Å². The predicted molar refractivity (Wildman–Crippen MR) is 104 cm³/mol. The molecule has 0 saturated heterocycles. The van der Waals surface area contributed by atoms with E-state index in [-0.39, 0.29) is 18.0 Å². The predicted octanol–water partition coefficient (Wildman–Crippen LogP) is 3.90. The lowest BCUT2D eigenvalue weighted by atomic mass is 10.2. The van der Waals surface area contributed by atoms with Gasteiger partial charge >= 0.3 is 0 Å². The van der Waals surface area contributed by atoms with Crippen LogP contribution in [0.2, 0.25) is 0 Å². The zero-order valence-corrected chi connectivity index (χ0v) is 14.9. The highest BCUT2D eigenvalue weighted by molar-refractivity contribution is 7.22. The van der Waals surface area contributed by atoms with E-state index in [0.29, 0.717) is 16.3 Å². The van der Waals surface area contributed by atoms with Crippen molar-refractivity contribution in [3.8, 4) is 0 Å². The largest absolute Gasteiger partial charge is 0.310 e. The van der Waals surface area contributed by atoms with E-state index < -0.39 is 5.82 Å². The quantitative estimate of drug-likeness (QED) is 0.585. The zero-order chi connectivity index (χ0) is 18.8. The van der Waals surface area contributed by atoms with Crippen LogP contribution in [-0.4, -0.2) is 15.5 Å². The average Bonchev–Trinajstić information content (AvgIpc) is 3.07. The van der Waals surface area contributed by atoms with Crippen LogP contribution in [0.3, 0.4) is 0 Å². The van der Waals surface area contributed by atoms with Gasteiger partial charge in [-0.2, -0.15) is 0 Å². The van der Waals surface area contributed by atoms with Gasteiger partial charge in [0.1, 0.15) is 5.82 Å². The molecule has 2 aromatic heterocycles. The molecule has 0 fully saturated rings. The average molecular weight is 379 g/mol. The number of benzene rings is 2. The molecular weight excluding hydrogens is 365 g/mol. The Morgan fingerprint density at radius 2 is 1.85 bits per heavy atom. The second kappa shape index (κ2) is 7.13. The molecule has 1 N–H and O–H groups in total. The molecule has 0 atom stereocenters. The minimum atomic E-state index is -0.395. The molecule has 4 rings (SSSR count). The van der Waals surface area contributed by atoms with Gasteiger partial charge in [-0.3, -0.25) is 14.9 Å². The van der Waals surface area contributed by atoms with Gasteiger partial charge in [0, 0.05) is 17.8 Å². The smallest absolute Gasteiger partial charge is 0.258 e. The van der Waals surface area contributed by atoms with E-state index in [1.165, 1.54) is 40.3 Å². The Labute approximate surface area is 157 Å². The molecule has 5 nitrogen and oxygen atoms in total. The molecule has 0 spiro atoms. The van der Waals surface area contributed by atoms with Gasteiger partial charge in [0.25, 0.3) is 11.5 Å². The lowest BCUT2D eigenvalue weighted by molar-refractivity contribution is 0.102. The van der Waals surface area contributed by atoms with Crippen LogP contribution in [0, 0.1) is 5.82 Å². The van der Waals surface area contributed by atoms with Crippen LogP contribution in [0.5, 0.6) is 0 Å². The van der Waals surface area contributed by atoms with Gasteiger partial charge in [-0.15, -0.1) is 0 Å². The highest BCUT2D eigenvalue weighted by Gasteiger charge is 2.12. The van der Waals surface area contributed by atoms with Crippen molar-refractivity contribution in [2.45, 2.75) is 6.54 Å². The van der Waals surface area contributed by atoms with Crippen LogP contribution < -0.4 is 10.9 Å². The molecule has 0 aliphatic carbocycles. The van der Waals surface area contributed by atoms with Crippen molar-refractivity contribution in [2.75, 3.05) is 5.32 Å². The fraction of sp³-hybridized carbons (Fsp3) is 0.0500. The van der Waals surface area contributed by atoms with Crippen molar-refractivity contribution >= 4 is 32.6 Å². The van der Waals surface area contributed by atoms with Crippen molar-refractivity contribution in [1.29, 1.82) is 0 Å². The first kappa shape index (κ1) is 17.1. The van der Waals surface area contributed by atoms with Crippen LogP contribution in [-0.2, 0) is 6.54 Å². The number of hydrogen-bond acceptors (Lipinski definition) is 4. The van der Waals surface area contributed by atoms with Crippen LogP contribution in [0.15, 0.2) is 71.7 Å². The number of anilines is 1. The Bertz CT molecular complexity index is 1170. The molecule has 0 aliphatic heterocycles. The summed E-state index contributed by atoms with van der Waals surface area (Å²) in [6, 6.07) is 16.6. The second-order valence-electron chi connectivity index (χ2n) is 5.92. The number of amides is 1. The standard InChI is InChI=1S/C20H14FN3O2S/c21-15-6-2-1-5-13(15)11-24-12-14(9-10-18(24)25)19(26)23-20-22-16-7-3-4-8-17(16)27-20/h1-10,12H,11H2,(H,22,23,26). The molecule has 0 saturated carbocycles. The van der Waals surface area contributed by atoms with Crippen molar-refractivity contribution in [1.82, 2.24) is 9.55 Å². The van der Waals surface area contributed by atoms with Crippen molar-refractivity contribution in [2.24, 2.45) is 0 Å². The zero-order valence-electron chi connectivity index (χ0n) is 14.1. The number of carbonyl (C=O) groups is 1. The molecular formula is C20H14FN3O2S. The van der Waals surface area contributed by atoms with Crippen molar-refractivity contribution in [3.05, 3.63) is 94.2 Å². The molecule has 27 heavy (non-hydrogen) atoms. The first-order chi connectivity index (χ1) is 13.1. The van der Waals surface area contributed by atoms with Crippen LogP contribution in [0.25, 0.3) is 10.2 Å². The fourth-order valence-electron chi connectivity index (χ4n) is 2.69. The number of aromatic nitrogens is 2. The number of nitrogens with zero attached hydrogens (tertiary/aromatic N) is 2. The Balaban J connectivity index is 1.59. The molecule has 1 amide bonds. The van der Waals surface area contributed by atoms with Crippen molar-refractivity contribution < 1.29 is 9.18 Å². The van der Waals surface area contributed by atoms with Gasteiger partial charge in [0.15, 0.2) is 5.13 Å². The second-order valence-corrected chi connectivity index (χ2v) is 6.95. The fourth-order valence-corrected chi connectivity index (χ4v) is 3.56. The maximum absolute atomic E-state index is 13.9. The van der Waals surface area contributed by atoms with Gasteiger partial charge in [0.05, 0.1) is 22.3 Å². The molecule has 134 valence electrons. The summed E-state index contributed by atoms with van der Waals surface area (Å²) >= 11 is 1.37. The third kappa shape index (κ3) is 3.63. The number of fused-ring (bicyclic) bond motifs is 1. The summed E-state index contributed by atoms with van der Waals surface area (Å²) < 4.78 is 16.1. The number of carbonyl (C=O) groups excluding carboxylic acids is 1. The van der Waals surface area contributed by atoms with E-state index in [4.69, 9.17) is 0 Å². The van der Waals surface area contributed by atoms with E-state index in [9.17, 15) is 14.0 Å². The molecule has 4 aromatic rings. The number of hydrogen-bond donors (Lipinski definition) is 1. The van der Waals surface area contributed by atoms with E-state index >= 15 is 0 Å². The summed E-state index contributed by atoms with van der Waals surface area (Å²) in [6.45, 7) is 0.0494. The van der Waals surface area contributed by atoms with Gasteiger partial charge < -0.3 is 4.57 Å². The molecule has 0 aliphatic rings. The third-order valence-corrected chi connectivity index (χ3v) is 5.01. The van der Waals surface area contributed by atoms with Gasteiger partial charge in [-0.25, -0.2) is 9.37 Å². The maximum Gasteiger partial charge on any atom is 0.258 e. The minimum Gasteiger partial charge on any atom is -0.310 e. The normalized spacial score (nSPS) is 10.9. The molecule has 2 aromatic carbocycles. The van der Waals surface area contributed by atoms with Gasteiger partial charge in [-0.05, 0) is 24.3 Å². The number of para-hydroxylation sites is 1. The molecule has 0 unspecified atom stereocenters. The van der Waals surface area contributed by atoms with Crippen LogP contribution in [0.1, 0.15) is 15.9 Å². The molecule has 0 radical (unpaired) electrons. The lowest BCUT2D eigenvalue weighted by Gasteiger charge is -2.09. The summed E-state index contributed by atoms with van der Waals surface area (Å²) in [6.07, 6.45) is 1.43. The Kier molecular flexibility index (Phi) is 4.52. The third-order valence-electron chi connectivity index (χ3n) is 4.06. The first-order valence-corrected chi connectivity index (χ1v) is 9.02. The number of thiazole rings is 1. The highest BCUT2D eigenvalue weighted by atomic mass is 32.1. The number of pyridine rings is 1. The summed E-state index contributed by atoms with van der Waals surface area (Å²) in [5.41, 5.74) is 1.17. The molecule has 7 heteroatoms. The Hall–Kier alpha value is -3.32. The topological polar surface area (TPSA) is 64.0 Å². The minimum absolute atomic E-state index is 0.0494. The SMILES string of the molecule is O=C(Nc1nc2ccccc2s1)c1ccc(=O)n(Cc2ccccc2F)c1. The van der Waals surface area contributed by atoms with E-state index in [1.54, 1.807) is 18.2 Å². The Morgan fingerprint density at radius 1 is 1.07 bits per heavy atom. The molecule has 2 heterocycles. The highest BCUT2D eigenvalue weighted by Crippen LogP contribution is 2.25. The van der Waals surface area contributed by atoms with E-state index in [2.05, 4.69) is 10.3 Å². The number of nitrogens with one attached hydrogen (secondary N) is 1. The van der Waals surface area contributed by atoms with Gasteiger partial charge in [0.2, 0.25) is 0 Å². The van der Waals surface area contributed by atoms with Crippen molar-refractivity contribution in [3.63, 3.8) is 0 Å². The summed E-state index contributed by atoms with van der Waals surface area (Å²) in [5, 5.41) is 3.23. The monoisotopic (exact) mass is 379 g/mol. The summed E-state index contributed by atoms with van der Waals surface area (Å²) in [7, 11) is 0. The number of rotatable bonds is 4. The summed E-state index contributed by atoms with van der Waals surface area (Å²) in [5.74, 6) is -0.773. The van der Waals surface area contributed by atoms with E-state index in [1.807, 2.05) is 24.3 Å². The lowest BCUT2D eigenvalue weighted by Crippen LogP contribution is -2.23. The number of halogens is 1. The van der Waals surface area contributed by atoms with E-state index in [0.717, 1.165) is 10.2 Å². The van der Waals surface area contributed by atoms with Gasteiger partial charge in [-0.1, -0.05) is 41.7 Å². The maximum atomic E-state index is 13.9. The molecule has 0 bridgehead atoms. The summed E-state index contributed by atoms with van der Waals surface area (Å²) in [4.78, 5) is 29.0. The first-order valence-electron chi connectivity index (χ1n) is 8.21. The Morgan fingerprint density at radius 3 is 2.67 bits per heavy atom.